The fourth-order valence-corrected chi connectivity index (χ4v) is 2.87. The van der Waals surface area contributed by atoms with Crippen LogP contribution in [0.2, 0.25) is 0 Å². The van der Waals surface area contributed by atoms with Crippen molar-refractivity contribution in [3.8, 4) is 0 Å². The van der Waals surface area contributed by atoms with Crippen molar-refractivity contribution in [3.05, 3.63) is 38.1 Å². The SMILES string of the molecule is CC(C)(N=[N+]=[N-])c1nc2ccc(Br)cc2s1. The van der Waals surface area contributed by atoms with E-state index >= 15 is 0 Å². The third-order valence-electron chi connectivity index (χ3n) is 2.17. The minimum absolute atomic E-state index is 0.592. The predicted molar refractivity (Wildman–Crippen MR) is 69.5 cm³/mol. The molecule has 1 heterocycles. The van der Waals surface area contributed by atoms with Gasteiger partial charge in [-0.25, -0.2) is 4.98 Å². The Labute approximate surface area is 105 Å². The van der Waals surface area contributed by atoms with Crippen LogP contribution in [0.1, 0.15) is 18.9 Å². The quantitative estimate of drug-likeness (QED) is 0.454. The van der Waals surface area contributed by atoms with Gasteiger partial charge in [-0.2, -0.15) is 0 Å². The molecule has 2 rings (SSSR count). The molecule has 0 saturated carbocycles. The van der Waals surface area contributed by atoms with E-state index in [1.54, 1.807) is 11.3 Å². The van der Waals surface area contributed by atoms with Gasteiger partial charge in [0.1, 0.15) is 5.01 Å². The summed E-state index contributed by atoms with van der Waals surface area (Å²) in [6.07, 6.45) is 0. The van der Waals surface area contributed by atoms with Gasteiger partial charge in [0.2, 0.25) is 0 Å². The first-order valence-electron chi connectivity index (χ1n) is 4.66. The fourth-order valence-electron chi connectivity index (χ4n) is 1.31. The van der Waals surface area contributed by atoms with Crippen LogP contribution in [-0.2, 0) is 5.54 Å². The average Bonchev–Trinajstić information content (AvgIpc) is 2.61. The number of benzene rings is 1. The average molecular weight is 297 g/mol. The minimum atomic E-state index is -0.592. The van der Waals surface area contributed by atoms with Crippen molar-refractivity contribution in [2.75, 3.05) is 0 Å². The summed E-state index contributed by atoms with van der Waals surface area (Å²) in [4.78, 5) is 7.33. The molecule has 1 aromatic heterocycles. The Bertz CT molecular complexity index is 584. The molecule has 0 aliphatic rings. The Morgan fingerprint density at radius 3 is 2.94 bits per heavy atom. The highest BCUT2D eigenvalue weighted by Gasteiger charge is 2.23. The molecular weight excluding hydrogens is 288 g/mol. The van der Waals surface area contributed by atoms with E-state index in [0.29, 0.717) is 0 Å². The number of aromatic nitrogens is 1. The molecule has 16 heavy (non-hydrogen) atoms. The lowest BCUT2D eigenvalue weighted by atomic mass is 10.1. The predicted octanol–water partition coefficient (Wildman–Crippen LogP) is 4.60. The molecule has 0 fully saturated rings. The number of fused-ring (bicyclic) bond motifs is 1. The molecule has 0 radical (unpaired) electrons. The summed E-state index contributed by atoms with van der Waals surface area (Å²) in [6, 6.07) is 5.92. The van der Waals surface area contributed by atoms with Gasteiger partial charge in [0, 0.05) is 9.38 Å². The second-order valence-electron chi connectivity index (χ2n) is 3.88. The summed E-state index contributed by atoms with van der Waals surface area (Å²) in [7, 11) is 0. The second kappa shape index (κ2) is 4.05. The van der Waals surface area contributed by atoms with Crippen LogP contribution in [-0.4, -0.2) is 4.98 Å². The standard InChI is InChI=1S/C10H9BrN4S/c1-10(2,14-15-12)9-13-7-4-3-6(11)5-8(7)16-9/h3-5H,1-2H3. The third kappa shape index (κ3) is 2.04. The molecule has 2 aromatic rings. The van der Waals surface area contributed by atoms with Crippen molar-refractivity contribution in [1.82, 2.24) is 4.98 Å². The number of thiazole rings is 1. The monoisotopic (exact) mass is 296 g/mol. The van der Waals surface area contributed by atoms with Crippen LogP contribution in [0.5, 0.6) is 0 Å². The van der Waals surface area contributed by atoms with E-state index in [-0.39, 0.29) is 0 Å². The van der Waals surface area contributed by atoms with Crippen molar-refractivity contribution in [1.29, 1.82) is 0 Å². The van der Waals surface area contributed by atoms with E-state index in [1.807, 2.05) is 32.0 Å². The maximum Gasteiger partial charge on any atom is 0.105 e. The van der Waals surface area contributed by atoms with Crippen molar-refractivity contribution < 1.29 is 0 Å². The number of nitrogens with zero attached hydrogens (tertiary/aromatic N) is 4. The number of rotatable bonds is 2. The van der Waals surface area contributed by atoms with E-state index < -0.39 is 5.54 Å². The normalized spacial score (nSPS) is 11.4. The van der Waals surface area contributed by atoms with Crippen LogP contribution in [0.4, 0.5) is 0 Å². The van der Waals surface area contributed by atoms with E-state index in [0.717, 1.165) is 19.7 Å². The van der Waals surface area contributed by atoms with E-state index in [2.05, 4.69) is 30.9 Å². The lowest BCUT2D eigenvalue weighted by Gasteiger charge is -2.12. The summed E-state index contributed by atoms with van der Waals surface area (Å²) in [5.41, 5.74) is 8.85. The van der Waals surface area contributed by atoms with Crippen molar-refractivity contribution in [2.45, 2.75) is 19.4 Å². The summed E-state index contributed by atoms with van der Waals surface area (Å²) < 4.78 is 2.11. The fraction of sp³-hybridized carbons (Fsp3) is 0.300. The van der Waals surface area contributed by atoms with Gasteiger partial charge in [0.05, 0.1) is 15.8 Å². The van der Waals surface area contributed by atoms with Gasteiger partial charge >= 0.3 is 0 Å². The zero-order chi connectivity index (χ0) is 11.8. The Morgan fingerprint density at radius 1 is 1.50 bits per heavy atom. The first-order valence-corrected chi connectivity index (χ1v) is 6.27. The molecule has 0 bridgehead atoms. The molecule has 6 heteroatoms. The molecule has 0 spiro atoms. The van der Waals surface area contributed by atoms with Crippen LogP contribution < -0.4 is 0 Å². The van der Waals surface area contributed by atoms with Crippen molar-refractivity contribution >= 4 is 37.5 Å². The number of hydrogen-bond acceptors (Lipinski definition) is 3. The lowest BCUT2D eigenvalue weighted by Crippen LogP contribution is -2.11. The molecule has 0 amide bonds. The third-order valence-corrected chi connectivity index (χ3v) is 3.99. The van der Waals surface area contributed by atoms with Gasteiger partial charge in [-0.3, -0.25) is 0 Å². The molecule has 0 saturated heterocycles. The van der Waals surface area contributed by atoms with Crippen molar-refractivity contribution in [3.63, 3.8) is 0 Å². The molecule has 82 valence electrons. The topological polar surface area (TPSA) is 61.7 Å². The van der Waals surface area contributed by atoms with Crippen LogP contribution in [0.25, 0.3) is 20.7 Å². The highest BCUT2D eigenvalue weighted by Crippen LogP contribution is 2.33. The summed E-state index contributed by atoms with van der Waals surface area (Å²) in [6.45, 7) is 3.72. The zero-order valence-electron chi connectivity index (χ0n) is 8.81. The van der Waals surface area contributed by atoms with Crippen molar-refractivity contribution in [2.24, 2.45) is 5.11 Å². The van der Waals surface area contributed by atoms with Gasteiger partial charge in [0.15, 0.2) is 0 Å². The van der Waals surface area contributed by atoms with E-state index in [4.69, 9.17) is 5.53 Å². The Balaban J connectivity index is 2.59. The molecule has 0 aliphatic carbocycles. The van der Waals surface area contributed by atoms with Crippen LogP contribution in [0.3, 0.4) is 0 Å². The summed E-state index contributed by atoms with van der Waals surface area (Å²) in [5.74, 6) is 0. The van der Waals surface area contributed by atoms with Gasteiger partial charge in [-0.1, -0.05) is 21.0 Å². The minimum Gasteiger partial charge on any atom is -0.240 e. The molecule has 0 atom stereocenters. The van der Waals surface area contributed by atoms with Gasteiger partial charge in [-0.15, -0.1) is 11.3 Å². The molecule has 1 aromatic carbocycles. The van der Waals surface area contributed by atoms with Crippen LogP contribution >= 0.6 is 27.3 Å². The number of hydrogen-bond donors (Lipinski definition) is 0. The van der Waals surface area contributed by atoms with Gasteiger partial charge in [-0.05, 0) is 37.6 Å². The van der Waals surface area contributed by atoms with Gasteiger partial charge < -0.3 is 0 Å². The van der Waals surface area contributed by atoms with Crippen LogP contribution in [0, 0.1) is 0 Å². The van der Waals surface area contributed by atoms with Gasteiger partial charge in [0.25, 0.3) is 0 Å². The Kier molecular flexibility index (Phi) is 2.88. The maximum atomic E-state index is 8.51. The Hall–Kier alpha value is -1.10. The smallest absolute Gasteiger partial charge is 0.105 e. The first kappa shape index (κ1) is 11.4. The molecule has 4 nitrogen and oxygen atoms in total. The lowest BCUT2D eigenvalue weighted by molar-refractivity contribution is 0.548. The van der Waals surface area contributed by atoms with E-state index in [9.17, 15) is 0 Å². The summed E-state index contributed by atoms with van der Waals surface area (Å²) >= 11 is 4.97. The second-order valence-corrected chi connectivity index (χ2v) is 5.83. The zero-order valence-corrected chi connectivity index (χ0v) is 11.2. The molecule has 0 N–H and O–H groups in total. The number of halogens is 1. The molecule has 0 unspecified atom stereocenters. The number of azide groups is 1. The maximum absolute atomic E-state index is 8.51. The largest absolute Gasteiger partial charge is 0.240 e. The van der Waals surface area contributed by atoms with Crippen LogP contribution in [0.15, 0.2) is 27.8 Å². The highest BCUT2D eigenvalue weighted by molar-refractivity contribution is 9.10. The Morgan fingerprint density at radius 2 is 2.25 bits per heavy atom. The highest BCUT2D eigenvalue weighted by atomic mass is 79.9. The summed E-state index contributed by atoms with van der Waals surface area (Å²) in [5, 5.41) is 4.59. The first-order chi connectivity index (χ1) is 7.53. The molecule has 0 aliphatic heterocycles. The molecular formula is C10H9BrN4S. The van der Waals surface area contributed by atoms with E-state index in [1.165, 1.54) is 0 Å².